The lowest BCUT2D eigenvalue weighted by atomic mass is 10.0. The van der Waals surface area contributed by atoms with E-state index in [4.69, 9.17) is 5.11 Å². The van der Waals surface area contributed by atoms with E-state index in [2.05, 4.69) is 5.10 Å². The number of hydrogen-bond donors (Lipinski definition) is 1. The van der Waals surface area contributed by atoms with Crippen LogP contribution in [0.5, 0.6) is 0 Å². The van der Waals surface area contributed by atoms with Crippen LogP contribution in [0.25, 0.3) is 0 Å². The van der Waals surface area contributed by atoms with Crippen molar-refractivity contribution in [1.29, 1.82) is 0 Å². The number of rotatable bonds is 6. The van der Waals surface area contributed by atoms with Crippen molar-refractivity contribution < 1.29 is 19.5 Å². The Bertz CT molecular complexity index is 757. The molecule has 1 saturated heterocycles. The number of hydrazone groups is 1. The van der Waals surface area contributed by atoms with Crippen LogP contribution in [0.4, 0.5) is 0 Å². The Morgan fingerprint density at radius 2 is 1.86 bits per heavy atom. The molecule has 1 fully saturated rings. The van der Waals surface area contributed by atoms with Gasteiger partial charge in [0, 0.05) is 32.0 Å². The summed E-state index contributed by atoms with van der Waals surface area (Å²) >= 11 is 0. The second-order valence-corrected chi connectivity index (χ2v) is 7.32. The first kappa shape index (κ1) is 20.0. The van der Waals surface area contributed by atoms with Gasteiger partial charge in [-0.05, 0) is 25.5 Å². The number of carboxylic acid groups (broad SMARTS) is 1. The third-order valence-electron chi connectivity index (χ3n) is 5.29. The van der Waals surface area contributed by atoms with E-state index in [-0.39, 0.29) is 30.8 Å². The molecule has 150 valence electrons. The smallest absolute Gasteiger partial charge is 0.317 e. The first-order valence-electron chi connectivity index (χ1n) is 9.57. The van der Waals surface area contributed by atoms with E-state index in [1.807, 2.05) is 35.2 Å². The van der Waals surface area contributed by atoms with Gasteiger partial charge in [0.05, 0.1) is 13.1 Å². The molecule has 2 aliphatic heterocycles. The van der Waals surface area contributed by atoms with Gasteiger partial charge < -0.3 is 10.0 Å². The number of nitrogens with zero attached hydrogens (tertiary/aromatic N) is 4. The summed E-state index contributed by atoms with van der Waals surface area (Å²) in [5.74, 6) is -1.04. The first-order chi connectivity index (χ1) is 13.4. The summed E-state index contributed by atoms with van der Waals surface area (Å²) in [6.07, 6.45) is 2.11. The predicted octanol–water partition coefficient (Wildman–Crippen LogP) is 1.17. The zero-order valence-corrected chi connectivity index (χ0v) is 16.1. The Balaban J connectivity index is 1.60. The number of benzene rings is 1. The van der Waals surface area contributed by atoms with E-state index in [1.54, 1.807) is 11.9 Å². The lowest BCUT2D eigenvalue weighted by molar-refractivity contribution is -0.139. The van der Waals surface area contributed by atoms with E-state index >= 15 is 0 Å². The van der Waals surface area contributed by atoms with Crippen molar-refractivity contribution in [2.24, 2.45) is 5.10 Å². The molecule has 1 aromatic rings. The molecule has 0 aliphatic carbocycles. The molecule has 1 N–H and O–H groups in total. The summed E-state index contributed by atoms with van der Waals surface area (Å²) < 4.78 is 0. The summed E-state index contributed by atoms with van der Waals surface area (Å²) in [7, 11) is 1.80. The van der Waals surface area contributed by atoms with E-state index in [1.165, 1.54) is 5.01 Å². The van der Waals surface area contributed by atoms with E-state index in [0.29, 0.717) is 31.8 Å². The molecule has 0 unspecified atom stereocenters. The highest BCUT2D eigenvalue weighted by Crippen LogP contribution is 2.19. The van der Waals surface area contributed by atoms with Gasteiger partial charge in [-0.2, -0.15) is 5.10 Å². The maximum absolute atomic E-state index is 12.9. The molecule has 0 spiro atoms. The van der Waals surface area contributed by atoms with Crippen LogP contribution in [0.2, 0.25) is 0 Å². The minimum atomic E-state index is -0.847. The van der Waals surface area contributed by atoms with Crippen LogP contribution in [-0.2, 0) is 20.9 Å². The second-order valence-electron chi connectivity index (χ2n) is 7.32. The highest BCUT2D eigenvalue weighted by molar-refractivity contribution is 6.39. The van der Waals surface area contributed by atoms with Crippen LogP contribution < -0.4 is 0 Å². The molecule has 2 aliphatic rings. The zero-order chi connectivity index (χ0) is 20.1. The third-order valence-corrected chi connectivity index (χ3v) is 5.29. The van der Waals surface area contributed by atoms with Crippen molar-refractivity contribution in [3.63, 3.8) is 0 Å². The predicted molar refractivity (Wildman–Crippen MR) is 104 cm³/mol. The minimum absolute atomic E-state index is 0.00186. The molecule has 8 heteroatoms. The van der Waals surface area contributed by atoms with E-state index in [0.717, 1.165) is 18.4 Å². The summed E-state index contributed by atoms with van der Waals surface area (Å²) in [5, 5.41) is 14.7. The molecular formula is C20H26N4O4. The van der Waals surface area contributed by atoms with Crippen molar-refractivity contribution in [2.45, 2.75) is 38.3 Å². The second kappa shape index (κ2) is 8.97. The number of carbonyl (C=O) groups excluding carboxylic acids is 2. The van der Waals surface area contributed by atoms with Gasteiger partial charge in [-0.25, -0.2) is 5.01 Å². The molecular weight excluding hydrogens is 360 g/mol. The van der Waals surface area contributed by atoms with Crippen LogP contribution in [0.3, 0.4) is 0 Å². The Labute approximate surface area is 164 Å². The fraction of sp³-hybridized carbons (Fsp3) is 0.500. The lowest BCUT2D eigenvalue weighted by Crippen LogP contribution is -2.49. The van der Waals surface area contributed by atoms with Gasteiger partial charge in [-0.3, -0.25) is 19.3 Å². The average Bonchev–Trinajstić information content (AvgIpc) is 2.69. The molecule has 28 heavy (non-hydrogen) atoms. The maximum atomic E-state index is 12.9. The van der Waals surface area contributed by atoms with Gasteiger partial charge >= 0.3 is 5.97 Å². The fourth-order valence-corrected chi connectivity index (χ4v) is 3.67. The number of carboxylic acids is 1. The van der Waals surface area contributed by atoms with Gasteiger partial charge in [0.2, 0.25) is 5.91 Å². The monoisotopic (exact) mass is 386 g/mol. The topological polar surface area (TPSA) is 93.5 Å². The van der Waals surface area contributed by atoms with Crippen molar-refractivity contribution in [1.82, 2.24) is 14.8 Å². The van der Waals surface area contributed by atoms with Crippen molar-refractivity contribution >= 4 is 23.5 Å². The van der Waals surface area contributed by atoms with Crippen LogP contribution >= 0.6 is 0 Å². The van der Waals surface area contributed by atoms with Crippen molar-refractivity contribution in [3.05, 3.63) is 35.9 Å². The van der Waals surface area contributed by atoms with Crippen molar-refractivity contribution in [2.75, 3.05) is 26.7 Å². The zero-order valence-electron chi connectivity index (χ0n) is 16.1. The van der Waals surface area contributed by atoms with E-state index in [9.17, 15) is 14.4 Å². The molecule has 3 rings (SSSR count). The molecule has 2 heterocycles. The maximum Gasteiger partial charge on any atom is 0.317 e. The van der Waals surface area contributed by atoms with Crippen LogP contribution in [0, 0.1) is 0 Å². The summed E-state index contributed by atoms with van der Waals surface area (Å²) in [6.45, 7) is 1.50. The first-order valence-corrected chi connectivity index (χ1v) is 9.57. The summed E-state index contributed by atoms with van der Waals surface area (Å²) in [4.78, 5) is 39.5. The Kier molecular flexibility index (Phi) is 6.41. The highest BCUT2D eigenvalue weighted by atomic mass is 16.4. The SMILES string of the molecule is CN(CC(=O)O)C1CCN(C(=O)C2=NN(Cc3ccccc3)C(=O)CC2)CC1. The molecule has 0 radical (unpaired) electrons. The van der Waals surface area contributed by atoms with Gasteiger partial charge in [-0.15, -0.1) is 0 Å². The van der Waals surface area contributed by atoms with Crippen LogP contribution in [-0.4, -0.2) is 76.1 Å². The average molecular weight is 386 g/mol. The summed E-state index contributed by atoms with van der Waals surface area (Å²) in [6, 6.07) is 9.74. The number of hydrogen-bond acceptors (Lipinski definition) is 5. The quantitative estimate of drug-likeness (QED) is 0.792. The Morgan fingerprint density at radius 1 is 1.18 bits per heavy atom. The van der Waals surface area contributed by atoms with Crippen LogP contribution in [0.15, 0.2) is 35.4 Å². The lowest BCUT2D eigenvalue weighted by Gasteiger charge is -2.36. The normalized spacial score (nSPS) is 18.4. The largest absolute Gasteiger partial charge is 0.480 e. The molecule has 8 nitrogen and oxygen atoms in total. The Hall–Kier alpha value is -2.74. The van der Waals surface area contributed by atoms with E-state index < -0.39 is 5.97 Å². The number of aliphatic carboxylic acids is 1. The van der Waals surface area contributed by atoms with Crippen molar-refractivity contribution in [3.8, 4) is 0 Å². The number of amides is 2. The van der Waals surface area contributed by atoms with Gasteiger partial charge in [0.25, 0.3) is 5.91 Å². The molecule has 0 bridgehead atoms. The molecule has 2 amide bonds. The van der Waals surface area contributed by atoms with Gasteiger partial charge in [-0.1, -0.05) is 30.3 Å². The standard InChI is InChI=1S/C20H26N4O4/c1-22(14-19(26)27)16-9-11-23(12-10-16)20(28)17-7-8-18(25)24(21-17)13-15-5-3-2-4-6-15/h2-6,16H,7-14H2,1H3,(H,26,27). The van der Waals surface area contributed by atoms with Gasteiger partial charge in [0.1, 0.15) is 5.71 Å². The van der Waals surface area contributed by atoms with Gasteiger partial charge in [0.15, 0.2) is 0 Å². The summed E-state index contributed by atoms with van der Waals surface area (Å²) in [5.41, 5.74) is 1.39. The minimum Gasteiger partial charge on any atom is -0.480 e. The molecule has 0 saturated carbocycles. The fourth-order valence-electron chi connectivity index (χ4n) is 3.67. The molecule has 0 aromatic heterocycles. The number of piperidine rings is 1. The number of carbonyl (C=O) groups is 3. The number of likely N-dealkylation sites (tertiary alicyclic amines) is 1. The third kappa shape index (κ3) is 4.95. The Morgan fingerprint density at radius 3 is 2.50 bits per heavy atom. The highest BCUT2D eigenvalue weighted by Gasteiger charge is 2.31. The number of likely N-dealkylation sites (N-methyl/N-ethyl adjacent to an activating group) is 1. The molecule has 0 atom stereocenters. The van der Waals surface area contributed by atoms with Crippen LogP contribution in [0.1, 0.15) is 31.2 Å². The molecule has 1 aromatic carbocycles.